The SMILES string of the molecule is CC(C)c1ccc(-c2ccc(=O)n(CN3CCOCC3)n2)cc1. The second-order valence-electron chi connectivity index (χ2n) is 6.20. The number of rotatable bonds is 4. The van der Waals surface area contributed by atoms with Crippen LogP contribution in [0.15, 0.2) is 41.2 Å². The predicted octanol–water partition coefficient (Wildman–Crippen LogP) is 2.32. The van der Waals surface area contributed by atoms with Crippen molar-refractivity contribution in [1.82, 2.24) is 14.7 Å². The molecule has 0 amide bonds. The first-order chi connectivity index (χ1) is 11.1. The highest BCUT2D eigenvalue weighted by Gasteiger charge is 2.12. The van der Waals surface area contributed by atoms with Crippen LogP contribution in [0.25, 0.3) is 11.3 Å². The quantitative estimate of drug-likeness (QED) is 0.869. The van der Waals surface area contributed by atoms with Crippen molar-refractivity contribution in [3.63, 3.8) is 0 Å². The minimum Gasteiger partial charge on any atom is -0.379 e. The molecule has 122 valence electrons. The Morgan fingerprint density at radius 1 is 1.09 bits per heavy atom. The van der Waals surface area contributed by atoms with Crippen molar-refractivity contribution in [2.24, 2.45) is 0 Å². The lowest BCUT2D eigenvalue weighted by molar-refractivity contribution is 0.0205. The van der Waals surface area contributed by atoms with Crippen LogP contribution in [0.5, 0.6) is 0 Å². The third-order valence-electron chi connectivity index (χ3n) is 4.18. The molecule has 3 rings (SSSR count). The van der Waals surface area contributed by atoms with Crippen LogP contribution < -0.4 is 5.56 Å². The Bertz CT molecular complexity index is 701. The van der Waals surface area contributed by atoms with E-state index in [1.165, 1.54) is 10.2 Å². The lowest BCUT2D eigenvalue weighted by Crippen LogP contribution is -2.40. The van der Waals surface area contributed by atoms with Crippen LogP contribution in [0.1, 0.15) is 25.3 Å². The van der Waals surface area contributed by atoms with Gasteiger partial charge in [0.05, 0.1) is 25.6 Å². The third-order valence-corrected chi connectivity index (χ3v) is 4.18. The fraction of sp³-hybridized carbons (Fsp3) is 0.444. The molecule has 2 heterocycles. The molecular weight excluding hydrogens is 290 g/mol. The third kappa shape index (κ3) is 3.86. The van der Waals surface area contributed by atoms with Crippen molar-refractivity contribution in [1.29, 1.82) is 0 Å². The first kappa shape index (κ1) is 15.9. The largest absolute Gasteiger partial charge is 0.379 e. The number of hydrogen-bond donors (Lipinski definition) is 0. The molecule has 0 unspecified atom stereocenters. The molecule has 1 aromatic carbocycles. The fourth-order valence-corrected chi connectivity index (χ4v) is 2.68. The molecule has 0 N–H and O–H groups in total. The summed E-state index contributed by atoms with van der Waals surface area (Å²) < 4.78 is 6.88. The molecule has 1 aliphatic heterocycles. The van der Waals surface area contributed by atoms with Crippen LogP contribution in [-0.4, -0.2) is 41.0 Å². The molecule has 0 spiro atoms. The molecule has 0 atom stereocenters. The van der Waals surface area contributed by atoms with Gasteiger partial charge < -0.3 is 4.74 Å². The Balaban J connectivity index is 1.82. The van der Waals surface area contributed by atoms with E-state index in [4.69, 9.17) is 4.74 Å². The van der Waals surface area contributed by atoms with Crippen molar-refractivity contribution in [3.8, 4) is 11.3 Å². The predicted molar refractivity (Wildman–Crippen MR) is 90.4 cm³/mol. The van der Waals surface area contributed by atoms with Gasteiger partial charge in [0.25, 0.3) is 5.56 Å². The minimum atomic E-state index is -0.0703. The van der Waals surface area contributed by atoms with E-state index in [0.29, 0.717) is 25.8 Å². The summed E-state index contributed by atoms with van der Waals surface area (Å²) >= 11 is 0. The maximum atomic E-state index is 12.1. The summed E-state index contributed by atoms with van der Waals surface area (Å²) in [7, 11) is 0. The minimum absolute atomic E-state index is 0.0703. The van der Waals surface area contributed by atoms with Crippen molar-refractivity contribution < 1.29 is 4.74 Å². The van der Waals surface area contributed by atoms with Gasteiger partial charge in [-0.25, -0.2) is 4.68 Å². The van der Waals surface area contributed by atoms with E-state index in [9.17, 15) is 4.79 Å². The molecule has 23 heavy (non-hydrogen) atoms. The first-order valence-corrected chi connectivity index (χ1v) is 8.12. The molecule has 1 fully saturated rings. The van der Waals surface area contributed by atoms with E-state index >= 15 is 0 Å². The topological polar surface area (TPSA) is 47.4 Å². The Hall–Kier alpha value is -1.98. The van der Waals surface area contributed by atoms with Crippen LogP contribution in [0, 0.1) is 0 Å². The Labute approximate surface area is 136 Å². The Morgan fingerprint density at radius 3 is 2.43 bits per heavy atom. The standard InChI is InChI=1S/C18H23N3O2/c1-14(2)15-3-5-16(6-4-15)17-7-8-18(22)21(19-17)13-20-9-11-23-12-10-20/h3-8,14H,9-13H2,1-2H3. The number of nitrogens with zero attached hydrogens (tertiary/aromatic N) is 3. The summed E-state index contributed by atoms with van der Waals surface area (Å²) in [6, 6.07) is 11.8. The summed E-state index contributed by atoms with van der Waals surface area (Å²) in [6.07, 6.45) is 0. The summed E-state index contributed by atoms with van der Waals surface area (Å²) in [6.45, 7) is 7.96. The number of morpholine rings is 1. The molecule has 1 aromatic heterocycles. The van der Waals surface area contributed by atoms with Crippen LogP contribution in [0.4, 0.5) is 0 Å². The van der Waals surface area contributed by atoms with Gasteiger partial charge in [0.1, 0.15) is 0 Å². The molecule has 0 radical (unpaired) electrons. The molecule has 1 aliphatic rings. The van der Waals surface area contributed by atoms with E-state index in [-0.39, 0.29) is 5.56 Å². The lowest BCUT2D eigenvalue weighted by atomic mass is 10.0. The summed E-state index contributed by atoms with van der Waals surface area (Å²) in [5.74, 6) is 0.507. The Kier molecular flexibility index (Phi) is 4.88. The monoisotopic (exact) mass is 313 g/mol. The maximum absolute atomic E-state index is 12.1. The lowest BCUT2D eigenvalue weighted by Gasteiger charge is -2.26. The van der Waals surface area contributed by atoms with Gasteiger partial charge in [-0.3, -0.25) is 9.69 Å². The average molecular weight is 313 g/mol. The normalized spacial score (nSPS) is 16.0. The van der Waals surface area contributed by atoms with Gasteiger partial charge in [0.2, 0.25) is 0 Å². The molecule has 5 heteroatoms. The number of hydrogen-bond acceptors (Lipinski definition) is 4. The van der Waals surface area contributed by atoms with Gasteiger partial charge in [0, 0.05) is 24.7 Å². The van der Waals surface area contributed by atoms with Gasteiger partial charge in [0.15, 0.2) is 0 Å². The highest BCUT2D eigenvalue weighted by molar-refractivity contribution is 5.58. The van der Waals surface area contributed by atoms with Crippen LogP contribution >= 0.6 is 0 Å². The second kappa shape index (κ2) is 7.06. The van der Waals surface area contributed by atoms with Crippen molar-refractivity contribution in [3.05, 3.63) is 52.3 Å². The summed E-state index contributed by atoms with van der Waals surface area (Å²) in [5, 5.41) is 4.53. The molecule has 0 aliphatic carbocycles. The van der Waals surface area contributed by atoms with Crippen molar-refractivity contribution in [2.45, 2.75) is 26.4 Å². The van der Waals surface area contributed by atoms with Gasteiger partial charge in [-0.2, -0.15) is 5.10 Å². The second-order valence-corrected chi connectivity index (χ2v) is 6.20. The zero-order valence-corrected chi connectivity index (χ0v) is 13.7. The van der Waals surface area contributed by atoms with Crippen molar-refractivity contribution >= 4 is 0 Å². The average Bonchev–Trinajstić information content (AvgIpc) is 2.58. The molecule has 0 bridgehead atoms. The highest BCUT2D eigenvalue weighted by atomic mass is 16.5. The zero-order valence-electron chi connectivity index (χ0n) is 13.7. The van der Waals surface area contributed by atoms with E-state index in [1.807, 2.05) is 0 Å². The summed E-state index contributed by atoms with van der Waals surface area (Å²) in [5.41, 5.74) is 3.09. The van der Waals surface area contributed by atoms with E-state index in [1.54, 1.807) is 12.1 Å². The van der Waals surface area contributed by atoms with E-state index in [2.05, 4.69) is 48.1 Å². The van der Waals surface area contributed by atoms with Gasteiger partial charge in [-0.05, 0) is 17.5 Å². The fourth-order valence-electron chi connectivity index (χ4n) is 2.68. The Morgan fingerprint density at radius 2 is 1.78 bits per heavy atom. The molecule has 5 nitrogen and oxygen atoms in total. The molecule has 0 saturated carbocycles. The maximum Gasteiger partial charge on any atom is 0.268 e. The summed E-state index contributed by atoms with van der Waals surface area (Å²) in [4.78, 5) is 14.2. The van der Waals surface area contributed by atoms with E-state index < -0.39 is 0 Å². The molecular formula is C18H23N3O2. The number of benzene rings is 1. The number of ether oxygens (including phenoxy) is 1. The van der Waals surface area contributed by atoms with E-state index in [0.717, 1.165) is 24.3 Å². The smallest absolute Gasteiger partial charge is 0.268 e. The van der Waals surface area contributed by atoms with Crippen LogP contribution in [-0.2, 0) is 11.4 Å². The first-order valence-electron chi connectivity index (χ1n) is 8.12. The number of aromatic nitrogens is 2. The molecule has 2 aromatic rings. The van der Waals surface area contributed by atoms with Crippen LogP contribution in [0.2, 0.25) is 0 Å². The van der Waals surface area contributed by atoms with Gasteiger partial charge in [-0.1, -0.05) is 38.1 Å². The van der Waals surface area contributed by atoms with Crippen molar-refractivity contribution in [2.75, 3.05) is 26.3 Å². The van der Waals surface area contributed by atoms with Crippen LogP contribution in [0.3, 0.4) is 0 Å². The highest BCUT2D eigenvalue weighted by Crippen LogP contribution is 2.20. The van der Waals surface area contributed by atoms with Gasteiger partial charge in [-0.15, -0.1) is 0 Å². The van der Waals surface area contributed by atoms with Gasteiger partial charge >= 0.3 is 0 Å². The molecule has 1 saturated heterocycles. The zero-order chi connectivity index (χ0) is 16.2.